The molecule has 34 heavy (non-hydrogen) atoms. The molecule has 15 heteroatoms. The molecule has 3 aliphatic rings. The molecule has 3 fully saturated rings. The van der Waals surface area contributed by atoms with Gasteiger partial charge in [0.1, 0.15) is 61.0 Å². The van der Waals surface area contributed by atoms with Gasteiger partial charge in [-0.1, -0.05) is 0 Å². The Labute approximate surface area is 193 Å². The Morgan fingerprint density at radius 1 is 0.588 bits per heavy atom. The van der Waals surface area contributed by atoms with Crippen LogP contribution >= 0.6 is 0 Å². The predicted molar refractivity (Wildman–Crippen MR) is 104 cm³/mol. The molecule has 1 aliphatic carbocycles. The minimum absolute atomic E-state index is 0.186. The topological polar surface area (TPSA) is 259 Å². The van der Waals surface area contributed by atoms with E-state index < -0.39 is 105 Å². The second-order valence-electron chi connectivity index (χ2n) is 8.87. The number of aliphatic hydroxyl groups excluding tert-OH is 11. The third-order valence-electron chi connectivity index (χ3n) is 6.56. The van der Waals surface area contributed by atoms with Crippen molar-refractivity contribution >= 4 is 0 Å². The molecule has 2 saturated heterocycles. The third kappa shape index (κ3) is 5.54. The van der Waals surface area contributed by atoms with Crippen LogP contribution in [0, 0.1) is 5.92 Å². The van der Waals surface area contributed by atoms with Crippen LogP contribution in [-0.4, -0.2) is 162 Å². The van der Waals surface area contributed by atoms with Crippen molar-refractivity contribution in [3.8, 4) is 0 Å². The summed E-state index contributed by atoms with van der Waals surface area (Å²) in [5.41, 5.74) is 0. The fourth-order valence-electron chi connectivity index (χ4n) is 4.36. The summed E-state index contributed by atoms with van der Waals surface area (Å²) in [6.45, 7) is -1.78. The van der Waals surface area contributed by atoms with Crippen molar-refractivity contribution in [3.05, 3.63) is 0 Å². The summed E-state index contributed by atoms with van der Waals surface area (Å²) in [7, 11) is 0. The van der Waals surface area contributed by atoms with Gasteiger partial charge in [0, 0.05) is 5.92 Å². The number of ether oxygens (including phenoxy) is 4. The zero-order valence-electron chi connectivity index (χ0n) is 18.0. The number of rotatable bonds is 7. The smallest absolute Gasteiger partial charge is 0.187 e. The minimum atomic E-state index is -1.81. The van der Waals surface area contributed by atoms with Crippen LogP contribution in [0.3, 0.4) is 0 Å². The van der Waals surface area contributed by atoms with E-state index in [1.165, 1.54) is 0 Å². The van der Waals surface area contributed by atoms with Crippen LogP contribution in [-0.2, 0) is 18.9 Å². The zero-order chi connectivity index (χ0) is 25.3. The van der Waals surface area contributed by atoms with Gasteiger partial charge in [-0.3, -0.25) is 0 Å². The SMILES string of the molecule is OCC1OC(OCC2CC(O)C(O)C(OC3OC(CO)C(O)C(O)C3O)C2O)C(O)C(O)C1O. The van der Waals surface area contributed by atoms with Crippen molar-refractivity contribution in [2.24, 2.45) is 5.92 Å². The van der Waals surface area contributed by atoms with Crippen LogP contribution in [0.2, 0.25) is 0 Å². The highest BCUT2D eigenvalue weighted by molar-refractivity contribution is 4.96. The lowest BCUT2D eigenvalue weighted by molar-refractivity contribution is -0.336. The first-order valence-electron chi connectivity index (χ1n) is 10.9. The van der Waals surface area contributed by atoms with Gasteiger partial charge >= 0.3 is 0 Å². The number of hydrogen-bond donors (Lipinski definition) is 11. The standard InChI is InChI=1S/C19H34O15/c20-2-7-11(25)13(27)15(29)18(32-7)31-4-5-1-6(22)10(24)17(9(5)23)34-19-16(30)14(28)12(26)8(3-21)33-19/h5-30H,1-4H2. The van der Waals surface area contributed by atoms with E-state index in [1.807, 2.05) is 0 Å². The Kier molecular flexibility index (Phi) is 9.57. The second-order valence-corrected chi connectivity index (χ2v) is 8.87. The lowest BCUT2D eigenvalue weighted by atomic mass is 9.81. The second kappa shape index (κ2) is 11.6. The molecule has 200 valence electrons. The summed E-state index contributed by atoms with van der Waals surface area (Å²) in [5.74, 6) is -0.930. The fourth-order valence-corrected chi connectivity index (χ4v) is 4.36. The van der Waals surface area contributed by atoms with E-state index in [9.17, 15) is 56.2 Å². The van der Waals surface area contributed by atoms with E-state index in [0.717, 1.165) is 0 Å². The van der Waals surface area contributed by atoms with Gasteiger partial charge in [-0.25, -0.2) is 0 Å². The summed E-state index contributed by atoms with van der Waals surface area (Å²) in [6, 6.07) is 0. The molecule has 11 N–H and O–H groups in total. The number of aliphatic hydroxyl groups is 11. The van der Waals surface area contributed by atoms with Gasteiger partial charge in [0.05, 0.1) is 32.0 Å². The van der Waals surface area contributed by atoms with E-state index in [-0.39, 0.29) is 13.0 Å². The van der Waals surface area contributed by atoms with Crippen molar-refractivity contribution in [3.63, 3.8) is 0 Å². The summed E-state index contributed by atoms with van der Waals surface area (Å²) in [6.07, 6.45) is -22.2. The van der Waals surface area contributed by atoms with Gasteiger partial charge < -0.3 is 75.1 Å². The average molecular weight is 502 g/mol. The van der Waals surface area contributed by atoms with E-state index in [2.05, 4.69) is 0 Å². The van der Waals surface area contributed by atoms with E-state index in [1.54, 1.807) is 0 Å². The molecule has 15 atom stereocenters. The highest BCUT2D eigenvalue weighted by Crippen LogP contribution is 2.32. The molecular formula is C19H34O15. The molecule has 2 heterocycles. The molecule has 0 aromatic carbocycles. The molecule has 15 nitrogen and oxygen atoms in total. The third-order valence-corrected chi connectivity index (χ3v) is 6.56. The maximum atomic E-state index is 10.8. The van der Waals surface area contributed by atoms with Gasteiger partial charge in [-0.15, -0.1) is 0 Å². The molecule has 2 aliphatic heterocycles. The molecule has 0 spiro atoms. The first-order valence-corrected chi connectivity index (χ1v) is 10.9. The first-order chi connectivity index (χ1) is 16.0. The van der Waals surface area contributed by atoms with Crippen LogP contribution in [0.25, 0.3) is 0 Å². The Hall–Kier alpha value is -0.600. The summed E-state index contributed by atoms with van der Waals surface area (Å²) < 4.78 is 21.3. The molecule has 1 saturated carbocycles. The Morgan fingerprint density at radius 2 is 1.09 bits per heavy atom. The maximum Gasteiger partial charge on any atom is 0.187 e. The Balaban J connectivity index is 1.65. The lowest BCUT2D eigenvalue weighted by Gasteiger charge is -2.46. The molecule has 0 amide bonds. The highest BCUT2D eigenvalue weighted by Gasteiger charge is 2.50. The van der Waals surface area contributed by atoms with Gasteiger partial charge in [-0.05, 0) is 6.42 Å². The first kappa shape index (κ1) is 28.0. The average Bonchev–Trinajstić information content (AvgIpc) is 2.82. The molecule has 0 bridgehead atoms. The van der Waals surface area contributed by atoms with Crippen molar-refractivity contribution in [1.82, 2.24) is 0 Å². The predicted octanol–water partition coefficient (Wildman–Crippen LogP) is -6.91. The molecule has 0 aromatic heterocycles. The largest absolute Gasteiger partial charge is 0.394 e. The molecule has 15 unspecified atom stereocenters. The lowest BCUT2D eigenvalue weighted by Crippen LogP contribution is -2.63. The maximum absolute atomic E-state index is 10.8. The van der Waals surface area contributed by atoms with Crippen molar-refractivity contribution in [2.75, 3.05) is 19.8 Å². The minimum Gasteiger partial charge on any atom is -0.394 e. The normalized spacial score (nSPS) is 52.5. The summed E-state index contributed by atoms with van der Waals surface area (Å²) in [4.78, 5) is 0. The van der Waals surface area contributed by atoms with Crippen LogP contribution < -0.4 is 0 Å². The van der Waals surface area contributed by atoms with Crippen LogP contribution in [0.5, 0.6) is 0 Å². The van der Waals surface area contributed by atoms with Crippen molar-refractivity contribution < 1.29 is 75.1 Å². The molecule has 0 aromatic rings. The van der Waals surface area contributed by atoms with Crippen LogP contribution in [0.1, 0.15) is 6.42 Å². The van der Waals surface area contributed by atoms with E-state index in [0.29, 0.717) is 0 Å². The monoisotopic (exact) mass is 502 g/mol. The fraction of sp³-hybridized carbons (Fsp3) is 1.00. The molecule has 0 radical (unpaired) electrons. The van der Waals surface area contributed by atoms with Gasteiger partial charge in [0.2, 0.25) is 0 Å². The summed E-state index contributed by atoms with van der Waals surface area (Å²) in [5, 5.41) is 110. The van der Waals surface area contributed by atoms with E-state index in [4.69, 9.17) is 18.9 Å². The summed E-state index contributed by atoms with van der Waals surface area (Å²) >= 11 is 0. The van der Waals surface area contributed by atoms with Crippen molar-refractivity contribution in [2.45, 2.75) is 92.2 Å². The van der Waals surface area contributed by atoms with Crippen LogP contribution in [0.4, 0.5) is 0 Å². The van der Waals surface area contributed by atoms with E-state index >= 15 is 0 Å². The van der Waals surface area contributed by atoms with Gasteiger partial charge in [-0.2, -0.15) is 0 Å². The molecular weight excluding hydrogens is 468 g/mol. The molecule has 3 rings (SSSR count). The van der Waals surface area contributed by atoms with Crippen molar-refractivity contribution in [1.29, 1.82) is 0 Å². The van der Waals surface area contributed by atoms with Gasteiger partial charge in [0.15, 0.2) is 12.6 Å². The quantitative estimate of drug-likeness (QED) is 0.154. The number of hydrogen-bond acceptors (Lipinski definition) is 15. The van der Waals surface area contributed by atoms with Gasteiger partial charge in [0.25, 0.3) is 0 Å². The zero-order valence-corrected chi connectivity index (χ0v) is 18.0. The van der Waals surface area contributed by atoms with Crippen LogP contribution in [0.15, 0.2) is 0 Å². The Morgan fingerprint density at radius 3 is 1.62 bits per heavy atom. The Bertz CT molecular complexity index is 637. The highest BCUT2D eigenvalue weighted by atomic mass is 16.7.